The Morgan fingerprint density at radius 2 is 1.83 bits per heavy atom. The summed E-state index contributed by atoms with van der Waals surface area (Å²) in [5, 5.41) is 2.70. The number of sulfonamides is 2. The maximum atomic E-state index is 13.0. The van der Waals surface area contributed by atoms with Gasteiger partial charge in [-0.2, -0.15) is 0 Å². The Labute approximate surface area is 177 Å². The third kappa shape index (κ3) is 4.59. The van der Waals surface area contributed by atoms with E-state index in [4.69, 9.17) is 0 Å². The van der Waals surface area contributed by atoms with E-state index in [2.05, 4.69) is 10.0 Å². The van der Waals surface area contributed by atoms with Gasteiger partial charge in [0.05, 0.1) is 22.0 Å². The van der Waals surface area contributed by atoms with Gasteiger partial charge in [0.25, 0.3) is 10.0 Å². The first-order valence-corrected chi connectivity index (χ1v) is 12.7. The Balaban J connectivity index is 1.90. The largest absolute Gasteiger partial charge is 0.326 e. The SMILES string of the molecule is CCC(=O)Nc1ccc(S(=O)(=O)Nc2cc(N3CCCS3(=O)=O)ccc2C)c(C)c1. The summed E-state index contributed by atoms with van der Waals surface area (Å²) in [5.74, 6) is -0.0744. The van der Waals surface area contributed by atoms with Gasteiger partial charge < -0.3 is 5.32 Å². The lowest BCUT2D eigenvalue weighted by molar-refractivity contribution is -0.115. The molecule has 162 valence electrons. The second-order valence-corrected chi connectivity index (χ2v) is 10.9. The van der Waals surface area contributed by atoms with Crippen LogP contribution in [-0.2, 0) is 24.8 Å². The van der Waals surface area contributed by atoms with Crippen molar-refractivity contribution in [2.45, 2.75) is 38.5 Å². The Kier molecular flexibility index (Phi) is 6.09. The molecule has 1 heterocycles. The van der Waals surface area contributed by atoms with Gasteiger partial charge in [-0.25, -0.2) is 16.8 Å². The molecule has 30 heavy (non-hydrogen) atoms. The van der Waals surface area contributed by atoms with Gasteiger partial charge in [-0.1, -0.05) is 13.0 Å². The van der Waals surface area contributed by atoms with Gasteiger partial charge in [0, 0.05) is 18.7 Å². The third-order valence-electron chi connectivity index (χ3n) is 4.92. The van der Waals surface area contributed by atoms with Crippen molar-refractivity contribution in [3.8, 4) is 0 Å². The van der Waals surface area contributed by atoms with Crippen LogP contribution in [-0.4, -0.2) is 35.0 Å². The maximum Gasteiger partial charge on any atom is 0.262 e. The number of hydrogen-bond acceptors (Lipinski definition) is 5. The molecule has 0 radical (unpaired) electrons. The molecule has 8 nitrogen and oxygen atoms in total. The van der Waals surface area contributed by atoms with Crippen LogP contribution in [0.25, 0.3) is 0 Å². The van der Waals surface area contributed by atoms with Crippen LogP contribution in [0.2, 0.25) is 0 Å². The number of nitrogens with one attached hydrogen (secondary N) is 2. The smallest absolute Gasteiger partial charge is 0.262 e. The van der Waals surface area contributed by atoms with Crippen molar-refractivity contribution in [3.63, 3.8) is 0 Å². The fourth-order valence-corrected chi connectivity index (χ4v) is 6.19. The van der Waals surface area contributed by atoms with Gasteiger partial charge in [0.15, 0.2) is 0 Å². The summed E-state index contributed by atoms with van der Waals surface area (Å²) >= 11 is 0. The number of rotatable bonds is 6. The van der Waals surface area contributed by atoms with E-state index < -0.39 is 20.0 Å². The van der Waals surface area contributed by atoms with Crippen LogP contribution in [0, 0.1) is 13.8 Å². The normalized spacial score (nSPS) is 15.8. The highest BCUT2D eigenvalue weighted by atomic mass is 32.2. The Bertz CT molecular complexity index is 1190. The fraction of sp³-hybridized carbons (Fsp3) is 0.350. The first-order valence-electron chi connectivity index (χ1n) is 9.58. The maximum absolute atomic E-state index is 13.0. The molecule has 0 atom stereocenters. The van der Waals surface area contributed by atoms with E-state index in [0.717, 1.165) is 0 Å². The van der Waals surface area contributed by atoms with Gasteiger partial charge in [-0.3, -0.25) is 13.8 Å². The Hall–Kier alpha value is -2.59. The molecule has 2 aromatic rings. The van der Waals surface area contributed by atoms with E-state index in [-0.39, 0.29) is 16.6 Å². The fourth-order valence-electron chi connectivity index (χ4n) is 3.28. The minimum atomic E-state index is -3.92. The van der Waals surface area contributed by atoms with E-state index >= 15 is 0 Å². The van der Waals surface area contributed by atoms with E-state index in [9.17, 15) is 21.6 Å². The highest BCUT2D eigenvalue weighted by molar-refractivity contribution is 7.93. The van der Waals surface area contributed by atoms with Crippen LogP contribution < -0.4 is 14.3 Å². The molecular weight excluding hydrogens is 426 g/mol. The summed E-state index contributed by atoms with van der Waals surface area (Å²) in [6, 6.07) is 9.48. The van der Waals surface area contributed by atoms with Crippen LogP contribution in [0.15, 0.2) is 41.3 Å². The first-order chi connectivity index (χ1) is 14.0. The molecule has 2 aromatic carbocycles. The molecule has 1 aliphatic rings. The zero-order valence-corrected chi connectivity index (χ0v) is 18.7. The van der Waals surface area contributed by atoms with Crippen molar-refractivity contribution in [1.29, 1.82) is 0 Å². The number of aryl methyl sites for hydroxylation is 2. The van der Waals surface area contributed by atoms with Gasteiger partial charge >= 0.3 is 0 Å². The molecule has 0 aromatic heterocycles. The lowest BCUT2D eigenvalue weighted by Crippen LogP contribution is -2.25. The summed E-state index contributed by atoms with van der Waals surface area (Å²) in [5.41, 5.74) is 2.42. The van der Waals surface area contributed by atoms with Crippen LogP contribution in [0.3, 0.4) is 0 Å². The van der Waals surface area contributed by atoms with Crippen LogP contribution >= 0.6 is 0 Å². The van der Waals surface area contributed by atoms with Crippen LogP contribution in [0.5, 0.6) is 0 Å². The Morgan fingerprint density at radius 1 is 1.10 bits per heavy atom. The number of anilines is 3. The predicted octanol–water partition coefficient (Wildman–Crippen LogP) is 2.99. The number of carbonyl (C=O) groups is 1. The summed E-state index contributed by atoms with van der Waals surface area (Å²) < 4.78 is 54.3. The second kappa shape index (κ2) is 8.27. The summed E-state index contributed by atoms with van der Waals surface area (Å²) in [4.78, 5) is 11.6. The highest BCUT2D eigenvalue weighted by Crippen LogP contribution is 2.30. The molecular formula is C20H25N3O5S2. The highest BCUT2D eigenvalue weighted by Gasteiger charge is 2.29. The second-order valence-electron chi connectivity index (χ2n) is 7.23. The number of benzene rings is 2. The molecule has 0 saturated carbocycles. The molecule has 0 spiro atoms. The van der Waals surface area contributed by atoms with Crippen molar-refractivity contribution >= 4 is 43.0 Å². The first kappa shape index (κ1) is 22.1. The van der Waals surface area contributed by atoms with Crippen molar-refractivity contribution in [2.75, 3.05) is 26.6 Å². The topological polar surface area (TPSA) is 113 Å². The molecule has 1 amide bonds. The monoisotopic (exact) mass is 451 g/mol. The summed E-state index contributed by atoms with van der Waals surface area (Å²) in [6.07, 6.45) is 0.861. The van der Waals surface area contributed by atoms with Crippen molar-refractivity contribution in [1.82, 2.24) is 0 Å². The van der Waals surface area contributed by atoms with Gasteiger partial charge in [-0.15, -0.1) is 0 Å². The molecule has 1 saturated heterocycles. The molecule has 0 aliphatic carbocycles. The van der Waals surface area contributed by atoms with Gasteiger partial charge in [0.2, 0.25) is 15.9 Å². The number of nitrogens with zero attached hydrogens (tertiary/aromatic N) is 1. The number of carbonyl (C=O) groups excluding carboxylic acids is 1. The average Bonchev–Trinajstić information content (AvgIpc) is 3.02. The number of hydrogen-bond donors (Lipinski definition) is 2. The number of amides is 1. The van der Waals surface area contributed by atoms with E-state index in [1.165, 1.54) is 16.4 Å². The average molecular weight is 452 g/mol. The Morgan fingerprint density at radius 3 is 2.43 bits per heavy atom. The summed E-state index contributed by atoms with van der Waals surface area (Å²) in [6.45, 7) is 5.50. The lowest BCUT2D eigenvalue weighted by Gasteiger charge is -2.19. The lowest BCUT2D eigenvalue weighted by atomic mass is 10.2. The molecule has 1 aliphatic heterocycles. The predicted molar refractivity (Wildman–Crippen MR) is 118 cm³/mol. The molecule has 0 unspecified atom stereocenters. The van der Waals surface area contributed by atoms with Crippen LogP contribution in [0.1, 0.15) is 30.9 Å². The molecule has 1 fully saturated rings. The standard InChI is InChI=1S/C20H25N3O5S2/c1-4-20(24)21-16-7-9-19(15(3)12-16)30(27,28)22-18-13-17(8-6-14(18)2)23-10-5-11-29(23,25)26/h6-9,12-13,22H,4-5,10-11H2,1-3H3,(H,21,24). The molecule has 10 heteroatoms. The van der Waals surface area contributed by atoms with Crippen molar-refractivity contribution in [3.05, 3.63) is 47.5 Å². The van der Waals surface area contributed by atoms with Gasteiger partial charge in [-0.05, 0) is 61.7 Å². The van der Waals surface area contributed by atoms with Gasteiger partial charge in [0.1, 0.15) is 0 Å². The summed E-state index contributed by atoms with van der Waals surface area (Å²) in [7, 11) is -7.28. The van der Waals surface area contributed by atoms with E-state index in [1.54, 1.807) is 45.0 Å². The third-order valence-corrected chi connectivity index (χ3v) is 8.32. The van der Waals surface area contributed by atoms with Crippen molar-refractivity contribution < 1.29 is 21.6 Å². The van der Waals surface area contributed by atoms with E-state index in [1.807, 2.05) is 0 Å². The zero-order valence-electron chi connectivity index (χ0n) is 17.1. The minimum absolute atomic E-state index is 0.0793. The quantitative estimate of drug-likeness (QED) is 0.701. The minimum Gasteiger partial charge on any atom is -0.326 e. The molecule has 3 rings (SSSR count). The molecule has 0 bridgehead atoms. The van der Waals surface area contributed by atoms with E-state index in [0.29, 0.717) is 47.6 Å². The van der Waals surface area contributed by atoms with Crippen molar-refractivity contribution in [2.24, 2.45) is 0 Å². The molecule has 2 N–H and O–H groups in total. The van der Waals surface area contributed by atoms with Crippen LogP contribution in [0.4, 0.5) is 17.1 Å². The zero-order chi connectivity index (χ0) is 22.1.